The number of amides is 4. The number of nitrogens with zero attached hydrogens (tertiary/aromatic N) is 1. The van der Waals surface area contributed by atoms with E-state index in [0.29, 0.717) is 32.0 Å². The number of rotatable bonds is 9. The maximum atomic E-state index is 13.1. The smallest absolute Gasteiger partial charge is 0.391 e. The highest BCUT2D eigenvalue weighted by Gasteiger charge is 2.32. The number of alkyl halides is 3. The lowest BCUT2D eigenvalue weighted by Crippen LogP contribution is -2.50. The number of nitrogens with one attached hydrogen (secondary N) is 3. The number of aliphatic hydroxyl groups excluding tert-OH is 1. The predicted molar refractivity (Wildman–Crippen MR) is 111 cm³/mol. The molecule has 1 heterocycles. The fourth-order valence-corrected chi connectivity index (χ4v) is 3.05. The molecule has 1 aliphatic rings. The van der Waals surface area contributed by atoms with E-state index in [4.69, 9.17) is 5.73 Å². The third kappa shape index (κ3) is 6.82. The monoisotopic (exact) mass is 459 g/mol. The average molecular weight is 459 g/mol. The maximum absolute atomic E-state index is 13.1. The van der Waals surface area contributed by atoms with Gasteiger partial charge in [-0.1, -0.05) is 13.3 Å². The standard InChI is InChI=1S/C20H28F3N5O4/c1-2-4-16(29)15(10-24)26-17(30)11-25-18(31)13-9-12(20(21,22)23)5-6-14(13)27-19(32)28-7-3-8-28/h5-6,9,15-16,29H,2-4,7-8,10-11,24H2,1H3,(H,25,31)(H,26,30)(H,27,32)/t15-,16-/m0/s1. The lowest BCUT2D eigenvalue weighted by atomic mass is 10.1. The number of hydrogen-bond acceptors (Lipinski definition) is 5. The van der Waals surface area contributed by atoms with Crippen molar-refractivity contribution in [1.29, 1.82) is 0 Å². The van der Waals surface area contributed by atoms with Crippen molar-refractivity contribution in [2.45, 2.75) is 44.5 Å². The quantitative estimate of drug-likeness (QED) is 0.379. The van der Waals surface area contributed by atoms with Crippen molar-refractivity contribution < 1.29 is 32.7 Å². The van der Waals surface area contributed by atoms with Gasteiger partial charge >= 0.3 is 12.2 Å². The summed E-state index contributed by atoms with van der Waals surface area (Å²) in [6.45, 7) is 2.30. The molecule has 0 aliphatic carbocycles. The van der Waals surface area contributed by atoms with E-state index in [1.165, 1.54) is 4.90 Å². The number of aliphatic hydroxyl groups is 1. The van der Waals surface area contributed by atoms with Crippen LogP contribution in [0.25, 0.3) is 0 Å². The molecule has 0 aromatic heterocycles. The zero-order valence-corrected chi connectivity index (χ0v) is 17.7. The minimum absolute atomic E-state index is 0.0266. The Bertz CT molecular complexity index is 830. The molecular formula is C20H28F3N5O4. The molecular weight excluding hydrogens is 431 g/mol. The normalized spacial score (nSPS) is 15.4. The van der Waals surface area contributed by atoms with Crippen molar-refractivity contribution in [3.05, 3.63) is 29.3 Å². The summed E-state index contributed by atoms with van der Waals surface area (Å²) in [6.07, 6.45) is -3.66. The Morgan fingerprint density at radius 3 is 2.47 bits per heavy atom. The summed E-state index contributed by atoms with van der Waals surface area (Å²) < 4.78 is 39.4. The number of carbonyl (C=O) groups is 3. The van der Waals surface area contributed by atoms with Crippen LogP contribution in [-0.2, 0) is 11.0 Å². The second-order valence-corrected chi connectivity index (χ2v) is 7.48. The SMILES string of the molecule is CCC[C@H](O)[C@H](CN)NC(=O)CNC(=O)c1cc(C(F)(F)F)ccc1NC(=O)N1CCC1. The topological polar surface area (TPSA) is 137 Å². The molecule has 2 atom stereocenters. The lowest BCUT2D eigenvalue weighted by molar-refractivity contribution is -0.137. The maximum Gasteiger partial charge on any atom is 0.416 e. The molecule has 0 saturated carbocycles. The predicted octanol–water partition coefficient (Wildman–Crippen LogP) is 1.28. The Labute approximate surface area is 183 Å². The van der Waals surface area contributed by atoms with Crippen LogP contribution < -0.4 is 21.7 Å². The summed E-state index contributed by atoms with van der Waals surface area (Å²) in [5.41, 5.74) is 3.95. The van der Waals surface area contributed by atoms with Crippen LogP contribution in [0.1, 0.15) is 42.1 Å². The van der Waals surface area contributed by atoms with Gasteiger partial charge in [-0.25, -0.2) is 4.79 Å². The van der Waals surface area contributed by atoms with E-state index in [9.17, 15) is 32.7 Å². The van der Waals surface area contributed by atoms with Crippen LogP contribution in [0.2, 0.25) is 0 Å². The zero-order valence-electron chi connectivity index (χ0n) is 17.7. The van der Waals surface area contributed by atoms with Gasteiger partial charge in [0.2, 0.25) is 5.91 Å². The van der Waals surface area contributed by atoms with E-state index in [2.05, 4.69) is 16.0 Å². The first-order chi connectivity index (χ1) is 15.1. The van der Waals surface area contributed by atoms with Crippen molar-refractivity contribution in [1.82, 2.24) is 15.5 Å². The summed E-state index contributed by atoms with van der Waals surface area (Å²) in [4.78, 5) is 38.3. The number of nitrogens with two attached hydrogens (primary N) is 1. The van der Waals surface area contributed by atoms with E-state index in [-0.39, 0.29) is 12.2 Å². The van der Waals surface area contributed by atoms with Crippen LogP contribution in [-0.4, -0.2) is 66.2 Å². The summed E-state index contributed by atoms with van der Waals surface area (Å²) in [6, 6.07) is 1.13. The van der Waals surface area contributed by atoms with Gasteiger partial charge in [-0.15, -0.1) is 0 Å². The number of carbonyl (C=O) groups excluding carboxylic acids is 3. The highest BCUT2D eigenvalue weighted by molar-refractivity contribution is 6.04. The molecule has 4 amide bonds. The molecule has 1 aromatic carbocycles. The van der Waals surface area contributed by atoms with Crippen molar-refractivity contribution in [3.63, 3.8) is 0 Å². The van der Waals surface area contributed by atoms with E-state index in [1.807, 2.05) is 6.92 Å². The second kappa shape index (κ2) is 11.1. The highest BCUT2D eigenvalue weighted by Crippen LogP contribution is 2.32. The van der Waals surface area contributed by atoms with Crippen molar-refractivity contribution in [3.8, 4) is 0 Å². The molecule has 0 spiro atoms. The molecule has 1 saturated heterocycles. The van der Waals surface area contributed by atoms with Gasteiger partial charge in [-0.05, 0) is 31.0 Å². The Morgan fingerprint density at radius 1 is 1.25 bits per heavy atom. The minimum Gasteiger partial charge on any atom is -0.391 e. The lowest BCUT2D eigenvalue weighted by Gasteiger charge is -2.31. The van der Waals surface area contributed by atoms with Gasteiger partial charge in [-0.2, -0.15) is 13.2 Å². The average Bonchev–Trinajstić information content (AvgIpc) is 2.68. The first kappa shape index (κ1) is 25.4. The largest absolute Gasteiger partial charge is 0.416 e. The van der Waals surface area contributed by atoms with Gasteiger partial charge < -0.3 is 31.7 Å². The molecule has 2 rings (SSSR count). The van der Waals surface area contributed by atoms with E-state index < -0.39 is 53.8 Å². The molecule has 0 unspecified atom stereocenters. The fourth-order valence-electron chi connectivity index (χ4n) is 3.05. The van der Waals surface area contributed by atoms with Gasteiger partial charge in [0.05, 0.1) is 35.5 Å². The summed E-state index contributed by atoms with van der Waals surface area (Å²) in [5, 5.41) is 17.1. The second-order valence-electron chi connectivity index (χ2n) is 7.48. The van der Waals surface area contributed by atoms with Crippen molar-refractivity contribution >= 4 is 23.5 Å². The molecule has 12 heteroatoms. The molecule has 1 aliphatic heterocycles. The third-order valence-electron chi connectivity index (χ3n) is 5.04. The number of likely N-dealkylation sites (tertiary alicyclic amines) is 1. The van der Waals surface area contributed by atoms with E-state index in [1.54, 1.807) is 0 Å². The van der Waals surface area contributed by atoms with Crippen LogP contribution in [0.4, 0.5) is 23.7 Å². The fraction of sp³-hybridized carbons (Fsp3) is 0.550. The van der Waals surface area contributed by atoms with Crippen LogP contribution in [0, 0.1) is 0 Å². The number of hydrogen-bond donors (Lipinski definition) is 5. The van der Waals surface area contributed by atoms with Gasteiger partial charge in [0.1, 0.15) is 0 Å². The highest BCUT2D eigenvalue weighted by atomic mass is 19.4. The summed E-state index contributed by atoms with van der Waals surface area (Å²) >= 11 is 0. The van der Waals surface area contributed by atoms with E-state index in [0.717, 1.165) is 18.6 Å². The zero-order chi connectivity index (χ0) is 23.9. The van der Waals surface area contributed by atoms with Crippen LogP contribution in [0.3, 0.4) is 0 Å². The molecule has 178 valence electrons. The molecule has 6 N–H and O–H groups in total. The molecule has 1 fully saturated rings. The van der Waals surface area contributed by atoms with Crippen LogP contribution in [0.15, 0.2) is 18.2 Å². The van der Waals surface area contributed by atoms with E-state index >= 15 is 0 Å². The van der Waals surface area contributed by atoms with Gasteiger partial charge in [0, 0.05) is 19.6 Å². The van der Waals surface area contributed by atoms with Crippen LogP contribution in [0.5, 0.6) is 0 Å². The Balaban J connectivity index is 2.10. The number of urea groups is 1. The van der Waals surface area contributed by atoms with Gasteiger partial charge in [0.25, 0.3) is 5.91 Å². The first-order valence-electron chi connectivity index (χ1n) is 10.3. The van der Waals surface area contributed by atoms with Crippen molar-refractivity contribution in [2.75, 3.05) is 31.5 Å². The number of benzene rings is 1. The molecule has 0 radical (unpaired) electrons. The third-order valence-corrected chi connectivity index (χ3v) is 5.04. The Kier molecular flexibility index (Phi) is 8.84. The molecule has 32 heavy (non-hydrogen) atoms. The molecule has 0 bridgehead atoms. The minimum atomic E-state index is -4.70. The van der Waals surface area contributed by atoms with Crippen LogP contribution >= 0.6 is 0 Å². The Morgan fingerprint density at radius 2 is 1.94 bits per heavy atom. The molecule has 1 aromatic rings. The number of anilines is 1. The van der Waals surface area contributed by atoms with Gasteiger partial charge in [0.15, 0.2) is 0 Å². The van der Waals surface area contributed by atoms with Gasteiger partial charge in [-0.3, -0.25) is 9.59 Å². The number of halogens is 3. The van der Waals surface area contributed by atoms with Crippen molar-refractivity contribution in [2.24, 2.45) is 5.73 Å². The summed E-state index contributed by atoms with van der Waals surface area (Å²) in [7, 11) is 0. The molecule has 9 nitrogen and oxygen atoms in total. The first-order valence-corrected chi connectivity index (χ1v) is 10.3. The Hall–Kier alpha value is -2.86. The summed E-state index contributed by atoms with van der Waals surface area (Å²) in [5.74, 6) is -1.63.